The molecule has 0 aromatic heterocycles. The number of aryl methyl sites for hydroxylation is 3. The zero-order valence-electron chi connectivity index (χ0n) is 17.6. The number of allylic oxidation sites excluding steroid dienone is 2. The lowest BCUT2D eigenvalue weighted by atomic mass is 9.68. The van der Waals surface area contributed by atoms with E-state index in [9.17, 15) is 0 Å². The first-order valence-electron chi connectivity index (χ1n) is 11.0. The molecular formula is C27H34. The summed E-state index contributed by atoms with van der Waals surface area (Å²) < 4.78 is 0. The average Bonchev–Trinajstić information content (AvgIpc) is 2.94. The van der Waals surface area contributed by atoms with Crippen LogP contribution in [0.15, 0.2) is 36.4 Å². The van der Waals surface area contributed by atoms with Crippen LogP contribution in [0.4, 0.5) is 0 Å². The number of fused-ring (bicyclic) bond motifs is 3. The Bertz CT molecular complexity index is 883. The first-order valence-corrected chi connectivity index (χ1v) is 11.0. The molecule has 0 nitrogen and oxygen atoms in total. The van der Waals surface area contributed by atoms with Gasteiger partial charge in [0, 0.05) is 5.41 Å². The van der Waals surface area contributed by atoms with Crippen LogP contribution in [0.1, 0.15) is 85.3 Å². The van der Waals surface area contributed by atoms with Crippen molar-refractivity contribution in [2.24, 2.45) is 0 Å². The summed E-state index contributed by atoms with van der Waals surface area (Å²) in [6, 6.07) is 9.57. The molecule has 0 heteroatoms. The monoisotopic (exact) mass is 358 g/mol. The maximum absolute atomic E-state index is 2.56. The highest BCUT2D eigenvalue weighted by Crippen LogP contribution is 2.57. The molecule has 0 spiro atoms. The van der Waals surface area contributed by atoms with Crippen molar-refractivity contribution in [3.8, 4) is 11.1 Å². The molecule has 142 valence electrons. The van der Waals surface area contributed by atoms with Crippen molar-refractivity contribution in [1.82, 2.24) is 0 Å². The van der Waals surface area contributed by atoms with Gasteiger partial charge in [-0.1, -0.05) is 87.4 Å². The highest BCUT2D eigenvalue weighted by molar-refractivity contribution is 5.87. The summed E-state index contributed by atoms with van der Waals surface area (Å²) in [5, 5.41) is 0. The normalized spacial score (nSPS) is 19.3. The molecule has 2 aromatic rings. The number of hydrogen-bond acceptors (Lipinski definition) is 0. The SMILES string of the molecule is CCCCCCCCC12C=CCc3c(C)cc(C)c(c31)-c1ccc(C)cc12. The maximum atomic E-state index is 2.56. The van der Waals surface area contributed by atoms with Crippen LogP contribution in [0.3, 0.4) is 0 Å². The van der Waals surface area contributed by atoms with Gasteiger partial charge < -0.3 is 0 Å². The molecule has 1 atom stereocenters. The fraction of sp³-hybridized carbons (Fsp3) is 0.481. The molecule has 0 aliphatic heterocycles. The van der Waals surface area contributed by atoms with Crippen molar-refractivity contribution >= 4 is 0 Å². The van der Waals surface area contributed by atoms with E-state index in [-0.39, 0.29) is 5.41 Å². The van der Waals surface area contributed by atoms with E-state index in [0.717, 1.165) is 6.42 Å². The zero-order valence-corrected chi connectivity index (χ0v) is 17.6. The van der Waals surface area contributed by atoms with Crippen LogP contribution in [-0.4, -0.2) is 0 Å². The predicted octanol–water partition coefficient (Wildman–Crippen LogP) is 7.74. The van der Waals surface area contributed by atoms with Crippen molar-refractivity contribution in [1.29, 1.82) is 0 Å². The molecule has 0 N–H and O–H groups in total. The summed E-state index contributed by atoms with van der Waals surface area (Å²) in [4.78, 5) is 0. The van der Waals surface area contributed by atoms with Crippen LogP contribution in [0.25, 0.3) is 11.1 Å². The Labute approximate surface area is 165 Å². The standard InChI is InChI=1S/C27H34/c1-5-6-7-8-9-10-15-27-16-11-12-22-20(3)18-21(4)25(26(22)27)23-14-13-19(2)17-24(23)27/h11,13-14,16-18H,5-10,12,15H2,1-4H3. The van der Waals surface area contributed by atoms with Crippen molar-refractivity contribution in [3.63, 3.8) is 0 Å². The first kappa shape index (κ1) is 18.5. The zero-order chi connectivity index (χ0) is 19.0. The van der Waals surface area contributed by atoms with E-state index in [4.69, 9.17) is 0 Å². The van der Waals surface area contributed by atoms with Gasteiger partial charge in [-0.05, 0) is 72.6 Å². The second kappa shape index (κ2) is 7.30. The van der Waals surface area contributed by atoms with E-state index in [0.29, 0.717) is 0 Å². The van der Waals surface area contributed by atoms with Gasteiger partial charge in [-0.2, -0.15) is 0 Å². The van der Waals surface area contributed by atoms with Gasteiger partial charge in [-0.3, -0.25) is 0 Å². The molecular weight excluding hydrogens is 324 g/mol. The third kappa shape index (κ3) is 2.98. The summed E-state index contributed by atoms with van der Waals surface area (Å²) in [5.74, 6) is 0. The number of rotatable bonds is 7. The Morgan fingerprint density at radius 3 is 2.48 bits per heavy atom. The largest absolute Gasteiger partial charge is 0.0829 e. The number of benzene rings is 2. The van der Waals surface area contributed by atoms with Crippen LogP contribution < -0.4 is 0 Å². The maximum Gasteiger partial charge on any atom is 0.0397 e. The Morgan fingerprint density at radius 1 is 0.889 bits per heavy atom. The lowest BCUT2D eigenvalue weighted by molar-refractivity contribution is 0.511. The van der Waals surface area contributed by atoms with Gasteiger partial charge >= 0.3 is 0 Å². The molecule has 0 bridgehead atoms. The topological polar surface area (TPSA) is 0 Å². The minimum absolute atomic E-state index is 0.117. The molecule has 0 heterocycles. The highest BCUT2D eigenvalue weighted by Gasteiger charge is 2.44. The van der Waals surface area contributed by atoms with Crippen molar-refractivity contribution in [3.05, 3.63) is 69.8 Å². The summed E-state index contributed by atoms with van der Waals surface area (Å²) in [6.45, 7) is 9.16. The van der Waals surface area contributed by atoms with Crippen molar-refractivity contribution < 1.29 is 0 Å². The molecule has 2 aliphatic carbocycles. The summed E-state index contributed by atoms with van der Waals surface area (Å²) in [6.07, 6.45) is 15.6. The van der Waals surface area contributed by atoms with E-state index >= 15 is 0 Å². The third-order valence-electron chi connectivity index (χ3n) is 6.88. The van der Waals surface area contributed by atoms with Crippen LogP contribution in [0.5, 0.6) is 0 Å². The Kier molecular flexibility index (Phi) is 5.01. The summed E-state index contributed by atoms with van der Waals surface area (Å²) >= 11 is 0. The van der Waals surface area contributed by atoms with E-state index in [1.54, 1.807) is 22.3 Å². The van der Waals surface area contributed by atoms with Gasteiger partial charge in [0.25, 0.3) is 0 Å². The second-order valence-corrected chi connectivity index (χ2v) is 8.88. The quantitative estimate of drug-likeness (QED) is 0.351. The van der Waals surface area contributed by atoms with Gasteiger partial charge in [-0.15, -0.1) is 0 Å². The Hall–Kier alpha value is -1.82. The lowest BCUT2D eigenvalue weighted by Gasteiger charge is -2.34. The second-order valence-electron chi connectivity index (χ2n) is 8.88. The van der Waals surface area contributed by atoms with E-state index in [1.807, 2.05) is 0 Å². The minimum atomic E-state index is 0.117. The van der Waals surface area contributed by atoms with E-state index in [2.05, 4.69) is 64.1 Å². The third-order valence-corrected chi connectivity index (χ3v) is 6.88. The van der Waals surface area contributed by atoms with Crippen molar-refractivity contribution in [2.45, 2.75) is 84.5 Å². The molecule has 0 saturated carbocycles. The van der Waals surface area contributed by atoms with Crippen LogP contribution >= 0.6 is 0 Å². The van der Waals surface area contributed by atoms with Crippen LogP contribution in [-0.2, 0) is 11.8 Å². The number of unbranched alkanes of at least 4 members (excludes halogenated alkanes) is 5. The Balaban J connectivity index is 1.77. The molecule has 27 heavy (non-hydrogen) atoms. The fourth-order valence-electron chi connectivity index (χ4n) is 5.59. The predicted molar refractivity (Wildman–Crippen MR) is 118 cm³/mol. The van der Waals surface area contributed by atoms with Gasteiger partial charge in [0.05, 0.1) is 0 Å². The number of hydrogen-bond donors (Lipinski definition) is 0. The summed E-state index contributed by atoms with van der Waals surface area (Å²) in [7, 11) is 0. The average molecular weight is 359 g/mol. The van der Waals surface area contributed by atoms with Gasteiger partial charge in [0.2, 0.25) is 0 Å². The molecule has 4 rings (SSSR count). The van der Waals surface area contributed by atoms with Gasteiger partial charge in [0.15, 0.2) is 0 Å². The first-order chi connectivity index (χ1) is 13.1. The summed E-state index contributed by atoms with van der Waals surface area (Å²) in [5.41, 5.74) is 12.3. The molecule has 0 saturated heterocycles. The van der Waals surface area contributed by atoms with E-state index < -0.39 is 0 Å². The molecule has 0 fully saturated rings. The highest BCUT2D eigenvalue weighted by atomic mass is 14.5. The van der Waals surface area contributed by atoms with E-state index in [1.165, 1.54) is 67.2 Å². The van der Waals surface area contributed by atoms with Crippen molar-refractivity contribution in [2.75, 3.05) is 0 Å². The smallest absolute Gasteiger partial charge is 0.0397 e. The Morgan fingerprint density at radius 2 is 1.67 bits per heavy atom. The molecule has 2 aromatic carbocycles. The molecule has 0 amide bonds. The van der Waals surface area contributed by atoms with Crippen LogP contribution in [0.2, 0.25) is 0 Å². The van der Waals surface area contributed by atoms with Gasteiger partial charge in [-0.25, -0.2) is 0 Å². The molecule has 1 unspecified atom stereocenters. The van der Waals surface area contributed by atoms with Crippen LogP contribution in [0, 0.1) is 20.8 Å². The minimum Gasteiger partial charge on any atom is -0.0829 e. The fourth-order valence-corrected chi connectivity index (χ4v) is 5.59. The lowest BCUT2D eigenvalue weighted by Crippen LogP contribution is -2.27. The molecule has 0 radical (unpaired) electrons. The molecule has 2 aliphatic rings. The van der Waals surface area contributed by atoms with Gasteiger partial charge in [0.1, 0.15) is 0 Å².